The van der Waals surface area contributed by atoms with Crippen LogP contribution in [-0.4, -0.2) is 11.7 Å². The first-order valence-corrected chi connectivity index (χ1v) is 7.22. The first-order valence-electron chi connectivity index (χ1n) is 7.22. The van der Waals surface area contributed by atoms with Gasteiger partial charge in [0.15, 0.2) is 0 Å². The minimum Gasteiger partial charge on any atom is -0.396 e. The largest absolute Gasteiger partial charge is 0.396 e. The van der Waals surface area contributed by atoms with Crippen LogP contribution in [0.15, 0.2) is 0 Å². The summed E-state index contributed by atoms with van der Waals surface area (Å²) >= 11 is 0. The van der Waals surface area contributed by atoms with E-state index >= 15 is 0 Å². The smallest absolute Gasteiger partial charge is 0.0431 e. The van der Waals surface area contributed by atoms with Gasteiger partial charge in [-0.05, 0) is 24.2 Å². The van der Waals surface area contributed by atoms with E-state index in [1.165, 1.54) is 38.5 Å². The molecule has 0 saturated heterocycles. The molecule has 0 aliphatic heterocycles. The molecule has 0 aromatic carbocycles. The summed E-state index contributed by atoms with van der Waals surface area (Å²) in [6, 6.07) is 0. The fourth-order valence-electron chi connectivity index (χ4n) is 2.16. The fraction of sp³-hybridized carbons (Fsp3) is 1.00. The van der Waals surface area contributed by atoms with Gasteiger partial charge in [-0.15, -0.1) is 0 Å². The number of hydrogen-bond donors (Lipinski definition) is 1. The molecule has 0 aromatic heterocycles. The molecule has 1 heteroatoms. The Balaban J connectivity index is 3.45. The Morgan fingerprint density at radius 3 is 2.06 bits per heavy atom. The Labute approximate surface area is 103 Å². The normalized spacial score (nSPS) is 17.1. The summed E-state index contributed by atoms with van der Waals surface area (Å²) in [4.78, 5) is 0. The Kier molecular flexibility index (Phi) is 10.1. The summed E-state index contributed by atoms with van der Waals surface area (Å²) in [5, 5.41) is 8.70. The average Bonchev–Trinajstić information content (AvgIpc) is 2.30. The number of aliphatic hydroxyl groups excluding tert-OH is 1. The predicted molar refractivity (Wildman–Crippen MR) is 72.6 cm³/mol. The maximum absolute atomic E-state index is 8.70. The van der Waals surface area contributed by atoms with Crippen LogP contribution in [-0.2, 0) is 0 Å². The van der Waals surface area contributed by atoms with Gasteiger partial charge in [-0.2, -0.15) is 0 Å². The van der Waals surface area contributed by atoms with Crippen molar-refractivity contribution in [1.82, 2.24) is 0 Å². The second-order valence-corrected chi connectivity index (χ2v) is 5.62. The molecule has 0 bridgehead atoms. The van der Waals surface area contributed by atoms with E-state index in [1.807, 2.05) is 0 Å². The van der Waals surface area contributed by atoms with Crippen molar-refractivity contribution >= 4 is 0 Å². The number of unbranched alkanes of at least 4 members (excludes halogenated alkanes) is 2. The monoisotopic (exact) mass is 228 g/mol. The van der Waals surface area contributed by atoms with Gasteiger partial charge < -0.3 is 5.11 Å². The molecule has 98 valence electrons. The summed E-state index contributed by atoms with van der Waals surface area (Å²) < 4.78 is 0. The SMILES string of the molecule is CCC(C)C(C)CCC(C)CCCCCO. The van der Waals surface area contributed by atoms with Crippen molar-refractivity contribution in [3.8, 4) is 0 Å². The van der Waals surface area contributed by atoms with E-state index in [-0.39, 0.29) is 0 Å². The third-order valence-corrected chi connectivity index (χ3v) is 4.09. The maximum Gasteiger partial charge on any atom is 0.0431 e. The van der Waals surface area contributed by atoms with E-state index < -0.39 is 0 Å². The third-order valence-electron chi connectivity index (χ3n) is 4.09. The van der Waals surface area contributed by atoms with Crippen LogP contribution < -0.4 is 0 Å². The van der Waals surface area contributed by atoms with E-state index in [0.29, 0.717) is 6.61 Å². The van der Waals surface area contributed by atoms with Gasteiger partial charge in [0.1, 0.15) is 0 Å². The van der Waals surface area contributed by atoms with Crippen LogP contribution >= 0.6 is 0 Å². The standard InChI is InChI=1S/C15H32O/c1-5-14(3)15(4)11-10-13(2)9-7-6-8-12-16/h13-16H,5-12H2,1-4H3. The zero-order chi connectivity index (χ0) is 12.4. The highest BCUT2D eigenvalue weighted by molar-refractivity contribution is 4.63. The molecule has 0 amide bonds. The lowest BCUT2D eigenvalue weighted by Crippen LogP contribution is -2.08. The van der Waals surface area contributed by atoms with Crippen LogP contribution in [0.1, 0.15) is 72.6 Å². The lowest BCUT2D eigenvalue weighted by molar-refractivity contribution is 0.278. The quantitative estimate of drug-likeness (QED) is 0.540. The van der Waals surface area contributed by atoms with Crippen molar-refractivity contribution in [2.24, 2.45) is 17.8 Å². The van der Waals surface area contributed by atoms with E-state index in [4.69, 9.17) is 5.11 Å². The third kappa shape index (κ3) is 8.15. The fourth-order valence-corrected chi connectivity index (χ4v) is 2.16. The molecule has 0 aromatic rings. The Morgan fingerprint density at radius 2 is 1.50 bits per heavy atom. The van der Waals surface area contributed by atoms with Gasteiger partial charge in [0, 0.05) is 6.61 Å². The van der Waals surface area contributed by atoms with Gasteiger partial charge in [-0.3, -0.25) is 0 Å². The molecule has 16 heavy (non-hydrogen) atoms. The van der Waals surface area contributed by atoms with Crippen molar-refractivity contribution in [2.75, 3.05) is 6.61 Å². The molecule has 0 aliphatic rings. The molecular weight excluding hydrogens is 196 g/mol. The van der Waals surface area contributed by atoms with Crippen LogP contribution in [0.3, 0.4) is 0 Å². The van der Waals surface area contributed by atoms with Crippen LogP contribution in [0, 0.1) is 17.8 Å². The van der Waals surface area contributed by atoms with Crippen molar-refractivity contribution < 1.29 is 5.11 Å². The van der Waals surface area contributed by atoms with Crippen molar-refractivity contribution in [3.63, 3.8) is 0 Å². The second-order valence-electron chi connectivity index (χ2n) is 5.62. The van der Waals surface area contributed by atoms with Gasteiger partial charge in [-0.1, -0.05) is 66.2 Å². The van der Waals surface area contributed by atoms with Gasteiger partial charge in [0.25, 0.3) is 0 Å². The maximum atomic E-state index is 8.70. The molecule has 0 radical (unpaired) electrons. The second kappa shape index (κ2) is 10.1. The lowest BCUT2D eigenvalue weighted by atomic mass is 9.86. The van der Waals surface area contributed by atoms with Crippen LogP contribution in [0.25, 0.3) is 0 Å². The lowest BCUT2D eigenvalue weighted by Gasteiger charge is -2.20. The van der Waals surface area contributed by atoms with Crippen LogP contribution in [0.5, 0.6) is 0 Å². The molecule has 0 fully saturated rings. The zero-order valence-corrected chi connectivity index (χ0v) is 11.8. The molecule has 0 heterocycles. The van der Waals surface area contributed by atoms with Crippen molar-refractivity contribution in [1.29, 1.82) is 0 Å². The Hall–Kier alpha value is -0.0400. The number of aliphatic hydroxyl groups is 1. The minimum atomic E-state index is 0.361. The molecule has 1 nitrogen and oxygen atoms in total. The van der Waals surface area contributed by atoms with E-state index in [9.17, 15) is 0 Å². The summed E-state index contributed by atoms with van der Waals surface area (Å²) in [7, 11) is 0. The average molecular weight is 228 g/mol. The highest BCUT2D eigenvalue weighted by Crippen LogP contribution is 2.24. The molecule has 0 aliphatic carbocycles. The van der Waals surface area contributed by atoms with E-state index in [1.54, 1.807) is 0 Å². The van der Waals surface area contributed by atoms with Gasteiger partial charge >= 0.3 is 0 Å². The van der Waals surface area contributed by atoms with E-state index in [2.05, 4.69) is 27.7 Å². The van der Waals surface area contributed by atoms with Gasteiger partial charge in [-0.25, -0.2) is 0 Å². The zero-order valence-electron chi connectivity index (χ0n) is 11.8. The summed E-state index contributed by atoms with van der Waals surface area (Å²) in [5.74, 6) is 2.62. The number of rotatable bonds is 10. The first kappa shape index (κ1) is 16.0. The Bertz CT molecular complexity index is 144. The van der Waals surface area contributed by atoms with Crippen LogP contribution in [0.4, 0.5) is 0 Å². The molecule has 0 rings (SSSR count). The van der Waals surface area contributed by atoms with Gasteiger partial charge in [0.2, 0.25) is 0 Å². The summed E-state index contributed by atoms with van der Waals surface area (Å²) in [6.45, 7) is 9.80. The van der Waals surface area contributed by atoms with Crippen molar-refractivity contribution in [3.05, 3.63) is 0 Å². The van der Waals surface area contributed by atoms with Gasteiger partial charge in [0.05, 0.1) is 0 Å². The molecular formula is C15H32O. The Morgan fingerprint density at radius 1 is 0.812 bits per heavy atom. The minimum absolute atomic E-state index is 0.361. The topological polar surface area (TPSA) is 20.2 Å². The summed E-state index contributed by atoms with van der Waals surface area (Å²) in [6.07, 6.45) is 8.89. The molecule has 0 saturated carbocycles. The molecule has 3 atom stereocenters. The molecule has 0 spiro atoms. The predicted octanol–water partition coefficient (Wildman–Crippen LogP) is 4.64. The number of hydrogen-bond acceptors (Lipinski definition) is 1. The highest BCUT2D eigenvalue weighted by atomic mass is 16.2. The van der Waals surface area contributed by atoms with Crippen LogP contribution in [0.2, 0.25) is 0 Å². The molecule has 1 N–H and O–H groups in total. The summed E-state index contributed by atoms with van der Waals surface area (Å²) in [5.41, 5.74) is 0. The first-order chi connectivity index (χ1) is 7.61. The molecule has 3 unspecified atom stereocenters. The highest BCUT2D eigenvalue weighted by Gasteiger charge is 2.11. The van der Waals surface area contributed by atoms with Crippen molar-refractivity contribution in [2.45, 2.75) is 72.6 Å². The van der Waals surface area contributed by atoms with E-state index in [0.717, 1.165) is 24.2 Å².